The number of nitrogens with one attached hydrogen (secondary N) is 1. The molecule has 1 aliphatic rings. The molecule has 0 bridgehead atoms. The molecule has 2 aromatic rings. The lowest BCUT2D eigenvalue weighted by atomic mass is 10.1. The van der Waals surface area contributed by atoms with Crippen LogP contribution in [0.25, 0.3) is 0 Å². The van der Waals surface area contributed by atoms with Crippen LogP contribution in [0, 0.1) is 5.82 Å². The van der Waals surface area contributed by atoms with Gasteiger partial charge in [0.05, 0.1) is 16.3 Å². The Morgan fingerprint density at radius 3 is 2.64 bits per heavy atom. The number of amides is 1. The zero-order valence-corrected chi connectivity index (χ0v) is 15.0. The second-order valence-electron chi connectivity index (χ2n) is 6.03. The Morgan fingerprint density at radius 1 is 1.12 bits per heavy atom. The number of hydrogen-bond acceptors (Lipinski definition) is 3. The van der Waals surface area contributed by atoms with Crippen LogP contribution in [0.2, 0.25) is 5.02 Å². The van der Waals surface area contributed by atoms with Gasteiger partial charge in [-0.1, -0.05) is 17.7 Å². The SMILES string of the molecule is O=C(CCS(=O)(=O)c1ccc2c(c1)CCC2)Nc1ccc(Cl)cc1F. The number of halogens is 2. The van der Waals surface area contributed by atoms with E-state index in [1.54, 1.807) is 12.1 Å². The zero-order valence-electron chi connectivity index (χ0n) is 13.4. The highest BCUT2D eigenvalue weighted by Crippen LogP contribution is 2.25. The molecule has 3 rings (SSSR count). The molecule has 0 unspecified atom stereocenters. The molecule has 4 nitrogen and oxygen atoms in total. The Balaban J connectivity index is 1.64. The van der Waals surface area contributed by atoms with Crippen LogP contribution in [0.4, 0.5) is 10.1 Å². The average Bonchev–Trinajstić information content (AvgIpc) is 3.03. The van der Waals surface area contributed by atoms with Gasteiger partial charge in [0.15, 0.2) is 9.84 Å². The second kappa shape index (κ2) is 7.14. The Bertz CT molecular complexity index is 928. The number of rotatable bonds is 5. The maximum atomic E-state index is 13.7. The minimum absolute atomic E-state index is 0.0238. The number of benzene rings is 2. The van der Waals surface area contributed by atoms with Gasteiger partial charge in [-0.15, -0.1) is 0 Å². The molecule has 0 atom stereocenters. The van der Waals surface area contributed by atoms with E-state index in [0.29, 0.717) is 0 Å². The summed E-state index contributed by atoms with van der Waals surface area (Å²) < 4.78 is 38.5. The molecular formula is C18H17ClFNO3S. The summed E-state index contributed by atoms with van der Waals surface area (Å²) in [6, 6.07) is 9.01. The molecule has 1 N–H and O–H groups in total. The van der Waals surface area contributed by atoms with Crippen molar-refractivity contribution >= 4 is 33.0 Å². The first kappa shape index (κ1) is 17.9. The lowest BCUT2D eigenvalue weighted by Crippen LogP contribution is -2.18. The topological polar surface area (TPSA) is 63.2 Å². The van der Waals surface area contributed by atoms with E-state index in [9.17, 15) is 17.6 Å². The van der Waals surface area contributed by atoms with Crippen molar-refractivity contribution in [2.75, 3.05) is 11.1 Å². The summed E-state index contributed by atoms with van der Waals surface area (Å²) in [6.45, 7) is 0. The van der Waals surface area contributed by atoms with Gasteiger partial charge < -0.3 is 5.32 Å². The maximum absolute atomic E-state index is 13.7. The molecule has 0 aromatic heterocycles. The number of carbonyl (C=O) groups is 1. The highest BCUT2D eigenvalue weighted by atomic mass is 35.5. The number of aryl methyl sites for hydroxylation is 2. The molecule has 0 heterocycles. The summed E-state index contributed by atoms with van der Waals surface area (Å²) in [5.74, 6) is -1.55. The molecular weight excluding hydrogens is 365 g/mol. The molecule has 132 valence electrons. The predicted molar refractivity (Wildman–Crippen MR) is 95.2 cm³/mol. The first-order valence-corrected chi connectivity index (χ1v) is 9.98. The molecule has 0 saturated heterocycles. The van der Waals surface area contributed by atoms with Crippen LogP contribution in [0.3, 0.4) is 0 Å². The van der Waals surface area contributed by atoms with Gasteiger partial charge in [0.2, 0.25) is 5.91 Å². The van der Waals surface area contributed by atoms with E-state index in [1.807, 2.05) is 6.07 Å². The third-order valence-electron chi connectivity index (χ3n) is 4.23. The van der Waals surface area contributed by atoms with E-state index >= 15 is 0 Å². The monoisotopic (exact) mass is 381 g/mol. The Morgan fingerprint density at radius 2 is 1.88 bits per heavy atom. The van der Waals surface area contributed by atoms with Crippen LogP contribution in [0.5, 0.6) is 0 Å². The summed E-state index contributed by atoms with van der Waals surface area (Å²) >= 11 is 5.65. The largest absolute Gasteiger partial charge is 0.324 e. The Hall–Kier alpha value is -1.92. The van der Waals surface area contributed by atoms with E-state index in [1.165, 1.54) is 17.7 Å². The van der Waals surface area contributed by atoms with Gasteiger partial charge >= 0.3 is 0 Å². The average molecular weight is 382 g/mol. The number of hydrogen-bond donors (Lipinski definition) is 1. The molecule has 2 aromatic carbocycles. The molecule has 1 amide bonds. The third kappa shape index (κ3) is 4.19. The van der Waals surface area contributed by atoms with Crippen LogP contribution >= 0.6 is 11.6 Å². The van der Waals surface area contributed by atoms with E-state index < -0.39 is 21.6 Å². The number of anilines is 1. The van der Waals surface area contributed by atoms with Gasteiger partial charge in [0, 0.05) is 11.4 Å². The Kier molecular flexibility index (Phi) is 5.11. The zero-order chi connectivity index (χ0) is 18.0. The molecule has 0 saturated carbocycles. The molecule has 1 aliphatic carbocycles. The fourth-order valence-corrected chi connectivity index (χ4v) is 4.34. The molecule has 7 heteroatoms. The van der Waals surface area contributed by atoms with Crippen molar-refractivity contribution in [3.8, 4) is 0 Å². The van der Waals surface area contributed by atoms with Crippen molar-refractivity contribution in [2.24, 2.45) is 0 Å². The lowest BCUT2D eigenvalue weighted by molar-refractivity contribution is -0.115. The van der Waals surface area contributed by atoms with Crippen LogP contribution in [0.15, 0.2) is 41.3 Å². The van der Waals surface area contributed by atoms with Crippen LogP contribution < -0.4 is 5.32 Å². The molecule has 0 aliphatic heterocycles. The Labute approximate surface area is 150 Å². The van der Waals surface area contributed by atoms with Gasteiger partial charge in [0.25, 0.3) is 0 Å². The van der Waals surface area contributed by atoms with E-state index in [0.717, 1.165) is 30.9 Å². The number of fused-ring (bicyclic) bond motifs is 1. The summed E-state index contributed by atoms with van der Waals surface area (Å²) in [4.78, 5) is 12.2. The second-order valence-corrected chi connectivity index (χ2v) is 8.57. The minimum Gasteiger partial charge on any atom is -0.324 e. The quantitative estimate of drug-likeness (QED) is 0.857. The van der Waals surface area contributed by atoms with Crippen molar-refractivity contribution in [3.05, 3.63) is 58.4 Å². The fraction of sp³-hybridized carbons (Fsp3) is 0.278. The summed E-state index contributed by atoms with van der Waals surface area (Å²) in [6.07, 6.45) is 2.65. The highest BCUT2D eigenvalue weighted by Gasteiger charge is 2.20. The van der Waals surface area contributed by atoms with Crippen LogP contribution in [-0.2, 0) is 27.5 Å². The van der Waals surface area contributed by atoms with E-state index in [4.69, 9.17) is 11.6 Å². The smallest absolute Gasteiger partial charge is 0.225 e. The fourth-order valence-electron chi connectivity index (χ4n) is 2.89. The molecule has 0 fully saturated rings. The molecule has 0 radical (unpaired) electrons. The number of carbonyl (C=O) groups excluding carboxylic acids is 1. The minimum atomic E-state index is -3.56. The standard InChI is InChI=1S/C18H17ClFNO3S/c19-14-5-7-17(16(20)11-14)21-18(22)8-9-25(23,24)15-6-4-12-2-1-3-13(12)10-15/h4-7,10-11H,1-3,8-9H2,(H,21,22). The maximum Gasteiger partial charge on any atom is 0.225 e. The normalized spacial score (nSPS) is 13.5. The summed E-state index contributed by atoms with van der Waals surface area (Å²) in [5, 5.41) is 2.58. The van der Waals surface area contributed by atoms with Gasteiger partial charge in [-0.05, 0) is 60.7 Å². The first-order valence-electron chi connectivity index (χ1n) is 7.94. The first-order chi connectivity index (χ1) is 11.8. The predicted octanol–water partition coefficient (Wildman–Crippen LogP) is 3.77. The molecule has 0 spiro atoms. The van der Waals surface area contributed by atoms with E-state index in [-0.39, 0.29) is 27.8 Å². The third-order valence-corrected chi connectivity index (χ3v) is 6.18. The van der Waals surface area contributed by atoms with Crippen molar-refractivity contribution in [1.29, 1.82) is 0 Å². The summed E-state index contributed by atoms with van der Waals surface area (Å²) in [5.41, 5.74) is 2.23. The lowest BCUT2D eigenvalue weighted by Gasteiger charge is -2.08. The molecule has 25 heavy (non-hydrogen) atoms. The van der Waals surface area contributed by atoms with Gasteiger partial charge in [-0.25, -0.2) is 12.8 Å². The van der Waals surface area contributed by atoms with Crippen molar-refractivity contribution in [1.82, 2.24) is 0 Å². The van der Waals surface area contributed by atoms with Crippen molar-refractivity contribution in [2.45, 2.75) is 30.6 Å². The highest BCUT2D eigenvalue weighted by molar-refractivity contribution is 7.91. The van der Waals surface area contributed by atoms with Crippen LogP contribution in [-0.4, -0.2) is 20.1 Å². The van der Waals surface area contributed by atoms with Crippen molar-refractivity contribution in [3.63, 3.8) is 0 Å². The van der Waals surface area contributed by atoms with Gasteiger partial charge in [-0.2, -0.15) is 0 Å². The van der Waals surface area contributed by atoms with E-state index in [2.05, 4.69) is 5.32 Å². The van der Waals surface area contributed by atoms with Gasteiger partial charge in [0.1, 0.15) is 5.82 Å². The summed E-state index contributed by atoms with van der Waals surface area (Å²) in [7, 11) is -3.56. The van der Waals surface area contributed by atoms with Gasteiger partial charge in [-0.3, -0.25) is 4.79 Å². The van der Waals surface area contributed by atoms with Crippen LogP contribution in [0.1, 0.15) is 24.0 Å². The van der Waals surface area contributed by atoms with Crippen molar-refractivity contribution < 1.29 is 17.6 Å². The number of sulfone groups is 1.